The highest BCUT2D eigenvalue weighted by atomic mass is 14.9. The van der Waals surface area contributed by atoms with E-state index in [1.807, 2.05) is 0 Å². The van der Waals surface area contributed by atoms with E-state index in [1.165, 1.54) is 168 Å². The lowest BCUT2D eigenvalue weighted by Crippen LogP contribution is -2.36. The zero-order chi connectivity index (χ0) is 48.1. The molecular weight excluding hydrogens is 821 g/mol. The summed E-state index contributed by atoms with van der Waals surface area (Å²) < 4.78 is 4.75. The van der Waals surface area contributed by atoms with E-state index < -0.39 is 0 Å². The molecular formula is C66H90N2+2. The molecule has 0 saturated heterocycles. The maximum absolute atomic E-state index is 2.54. The van der Waals surface area contributed by atoms with Gasteiger partial charge in [-0.05, 0) is 116 Å². The topological polar surface area (TPSA) is 7.76 Å². The summed E-state index contributed by atoms with van der Waals surface area (Å²) in [7, 11) is 0. The highest BCUT2D eigenvalue weighted by Crippen LogP contribution is 2.43. The van der Waals surface area contributed by atoms with Gasteiger partial charge >= 0.3 is 0 Å². The Balaban J connectivity index is 1.39. The Morgan fingerprint density at radius 1 is 0.382 bits per heavy atom. The predicted octanol–water partition coefficient (Wildman–Crippen LogP) is 18.6. The Morgan fingerprint density at radius 2 is 0.706 bits per heavy atom. The lowest BCUT2D eigenvalue weighted by molar-refractivity contribution is -0.703. The third kappa shape index (κ3) is 14.6. The van der Waals surface area contributed by atoms with Gasteiger partial charge in [0.15, 0.2) is 37.9 Å². The van der Waals surface area contributed by atoms with Crippen LogP contribution in [0.1, 0.15) is 192 Å². The number of benzene rings is 4. The lowest BCUT2D eigenvalue weighted by atomic mass is 9.81. The number of nitrogens with zero attached hydrogens (tertiary/aromatic N) is 2. The molecule has 0 spiro atoms. The Morgan fingerprint density at radius 3 is 1.04 bits per heavy atom. The number of allylic oxidation sites excluding steroid dienone is 4. The molecule has 6 rings (SSSR count). The molecule has 0 saturated carbocycles. The molecule has 0 aliphatic heterocycles. The second kappa shape index (κ2) is 28.0. The molecule has 4 aromatic carbocycles. The normalized spacial score (nSPS) is 14.3. The van der Waals surface area contributed by atoms with E-state index in [-0.39, 0.29) is 0 Å². The quantitative estimate of drug-likeness (QED) is 0.0242. The molecule has 0 aliphatic rings. The van der Waals surface area contributed by atoms with E-state index in [9.17, 15) is 0 Å². The van der Waals surface area contributed by atoms with E-state index >= 15 is 0 Å². The first-order valence-electron chi connectivity index (χ1n) is 27.8. The van der Waals surface area contributed by atoms with Crippen LogP contribution in [0.2, 0.25) is 0 Å². The van der Waals surface area contributed by atoms with E-state index in [1.54, 1.807) is 0 Å². The zero-order valence-electron chi connectivity index (χ0n) is 44.0. The van der Waals surface area contributed by atoms with Gasteiger partial charge in [0.2, 0.25) is 0 Å². The van der Waals surface area contributed by atoms with Crippen LogP contribution in [0, 0.1) is 23.7 Å². The summed E-state index contributed by atoms with van der Waals surface area (Å²) in [6.45, 7) is 20.9. The second-order valence-corrected chi connectivity index (χ2v) is 20.5. The first-order valence-corrected chi connectivity index (χ1v) is 27.8. The third-order valence-corrected chi connectivity index (χ3v) is 15.4. The van der Waals surface area contributed by atoms with Crippen LogP contribution in [0.4, 0.5) is 0 Å². The van der Waals surface area contributed by atoms with E-state index in [0.29, 0.717) is 11.8 Å². The molecule has 0 amide bonds. The number of pyridine rings is 2. The van der Waals surface area contributed by atoms with Crippen LogP contribution in [0.5, 0.6) is 0 Å². The van der Waals surface area contributed by atoms with Crippen molar-refractivity contribution in [3.8, 4) is 0 Å². The molecule has 362 valence electrons. The average molecular weight is 911 g/mol. The summed E-state index contributed by atoms with van der Waals surface area (Å²) in [6.07, 6.45) is 50.1. The highest BCUT2D eigenvalue weighted by molar-refractivity contribution is 6.26. The van der Waals surface area contributed by atoms with Crippen LogP contribution in [0.25, 0.3) is 56.6 Å². The van der Waals surface area contributed by atoms with Gasteiger partial charge in [0.1, 0.15) is 0 Å². The molecule has 4 atom stereocenters. The van der Waals surface area contributed by atoms with Gasteiger partial charge in [-0.2, -0.15) is 0 Å². The summed E-state index contributed by atoms with van der Waals surface area (Å²) in [5.41, 5.74) is 8.16. The smallest absolute Gasteiger partial charge is 0.169 e. The first-order chi connectivity index (χ1) is 33.4. The molecule has 6 aromatic rings. The van der Waals surface area contributed by atoms with Crippen molar-refractivity contribution in [3.63, 3.8) is 0 Å². The monoisotopic (exact) mass is 911 g/mol. The average Bonchev–Trinajstić information content (AvgIpc) is 3.37. The maximum Gasteiger partial charge on any atom is 0.169 e. The standard InChI is InChI=1S/C66H90N2/c1-9-17-25-51(13-5)45-59-47-57(31-23-21-29-55-37-41-67(42-38-55)49-53(15-7)27-19-11-3)61-34-36-64-60(46-52(14-6)26-18-10-2)48-58(62-33-35-63(59)65(61)66(62)64)32-24-22-30-56-39-43-68(44-40-56)50-54(16-8)28-20-12-4/h21-24,29-44,47-48,51-54H,9-20,25-28,45-46,49-50H2,1-8H3/q+2/b29-21+,30-22+,31-23+,32-24+. The number of hydrogen-bond acceptors (Lipinski definition) is 0. The molecule has 0 bridgehead atoms. The number of hydrogen-bond donors (Lipinski definition) is 0. The molecule has 0 fully saturated rings. The Labute approximate surface area is 414 Å². The predicted molar refractivity (Wildman–Crippen MR) is 300 cm³/mol. The van der Waals surface area contributed by atoms with Crippen LogP contribution in [0.3, 0.4) is 0 Å². The molecule has 68 heavy (non-hydrogen) atoms. The Kier molecular flexibility index (Phi) is 21.6. The summed E-state index contributed by atoms with van der Waals surface area (Å²) in [4.78, 5) is 0. The minimum absolute atomic E-state index is 0.684. The van der Waals surface area contributed by atoms with Crippen LogP contribution >= 0.6 is 0 Å². The summed E-state index contributed by atoms with van der Waals surface area (Å²) in [5.74, 6) is 2.87. The van der Waals surface area contributed by atoms with Crippen molar-refractivity contribution < 1.29 is 9.13 Å². The molecule has 2 heteroatoms. The van der Waals surface area contributed by atoms with E-state index in [2.05, 4.69) is 199 Å². The van der Waals surface area contributed by atoms with Crippen molar-refractivity contribution in [2.24, 2.45) is 23.7 Å². The van der Waals surface area contributed by atoms with E-state index in [4.69, 9.17) is 0 Å². The lowest BCUT2D eigenvalue weighted by Gasteiger charge is -2.22. The fourth-order valence-electron chi connectivity index (χ4n) is 10.8. The number of rotatable bonds is 30. The van der Waals surface area contributed by atoms with Gasteiger partial charge in [-0.3, -0.25) is 0 Å². The van der Waals surface area contributed by atoms with Gasteiger partial charge in [-0.25, -0.2) is 9.13 Å². The van der Waals surface area contributed by atoms with Crippen LogP contribution in [0.15, 0.2) is 110 Å². The highest BCUT2D eigenvalue weighted by Gasteiger charge is 2.21. The largest absolute Gasteiger partial charge is 0.205 e. The molecule has 2 aromatic heterocycles. The molecule has 0 radical (unpaired) electrons. The van der Waals surface area contributed by atoms with E-state index in [0.717, 1.165) is 37.8 Å². The van der Waals surface area contributed by atoms with Crippen molar-refractivity contribution in [2.45, 2.75) is 184 Å². The van der Waals surface area contributed by atoms with Crippen molar-refractivity contribution in [1.82, 2.24) is 0 Å². The van der Waals surface area contributed by atoms with Crippen LogP contribution in [-0.2, 0) is 25.9 Å². The fraction of sp³-hybridized carbons (Fsp3) is 0.485. The van der Waals surface area contributed by atoms with Crippen LogP contribution < -0.4 is 9.13 Å². The maximum atomic E-state index is 2.54. The first kappa shape index (κ1) is 52.5. The second-order valence-electron chi connectivity index (χ2n) is 20.5. The van der Waals surface area contributed by atoms with Gasteiger partial charge in [0, 0.05) is 36.1 Å². The summed E-state index contributed by atoms with van der Waals surface area (Å²) in [6, 6.07) is 24.0. The van der Waals surface area contributed by atoms with Gasteiger partial charge in [0.05, 0.1) is 0 Å². The van der Waals surface area contributed by atoms with Gasteiger partial charge in [-0.1, -0.05) is 217 Å². The summed E-state index contributed by atoms with van der Waals surface area (Å²) >= 11 is 0. The third-order valence-electron chi connectivity index (χ3n) is 15.4. The molecule has 4 unspecified atom stereocenters. The van der Waals surface area contributed by atoms with Crippen molar-refractivity contribution in [2.75, 3.05) is 0 Å². The SMILES string of the molecule is CCCCC(CC)Cc1cc(/C=C/C=C/c2cc[n+](CC(CC)CCCC)cc2)c2ccc3c(CC(CC)CCCC)cc(/C=C/C=C/c4cc[n+](CC(CC)CCCC)cc4)c4ccc1c2c43. The van der Waals surface area contributed by atoms with Crippen molar-refractivity contribution in [3.05, 3.63) is 143 Å². The van der Waals surface area contributed by atoms with Crippen molar-refractivity contribution in [1.29, 1.82) is 0 Å². The minimum Gasteiger partial charge on any atom is -0.205 e. The molecule has 0 N–H and O–H groups in total. The minimum atomic E-state index is 0.684. The molecule has 2 heterocycles. The Hall–Kier alpha value is -4.82. The Bertz CT molecular complexity index is 2340. The zero-order valence-corrected chi connectivity index (χ0v) is 44.0. The number of aromatic nitrogens is 2. The van der Waals surface area contributed by atoms with Crippen LogP contribution in [-0.4, -0.2) is 0 Å². The summed E-state index contributed by atoms with van der Waals surface area (Å²) in [5, 5.41) is 8.53. The van der Waals surface area contributed by atoms with Crippen molar-refractivity contribution >= 4 is 56.6 Å². The van der Waals surface area contributed by atoms with Gasteiger partial charge in [-0.15, -0.1) is 0 Å². The van der Waals surface area contributed by atoms with Gasteiger partial charge < -0.3 is 0 Å². The molecule has 0 aliphatic carbocycles. The van der Waals surface area contributed by atoms with Gasteiger partial charge in [0.25, 0.3) is 0 Å². The molecule has 2 nitrogen and oxygen atoms in total. The fourth-order valence-corrected chi connectivity index (χ4v) is 10.8. The number of unbranched alkanes of at least 4 members (excludes halogenated alkanes) is 4.